The van der Waals surface area contributed by atoms with E-state index in [1.807, 2.05) is 0 Å². The van der Waals surface area contributed by atoms with E-state index in [2.05, 4.69) is 16.9 Å². The van der Waals surface area contributed by atoms with Crippen LogP contribution in [0.3, 0.4) is 0 Å². The first kappa shape index (κ1) is 30.1. The quantitative estimate of drug-likeness (QED) is 0.0601. The van der Waals surface area contributed by atoms with Crippen LogP contribution in [0.1, 0.15) is 96.8 Å². The second kappa shape index (κ2) is 29.1. The van der Waals surface area contributed by atoms with E-state index in [1.54, 1.807) is 0 Å². The van der Waals surface area contributed by atoms with Gasteiger partial charge in [0.2, 0.25) is 0 Å². The number of azide groups is 1. The average molecular weight is 444 g/mol. The summed E-state index contributed by atoms with van der Waals surface area (Å²) in [5, 5.41) is 3.38. The first-order chi connectivity index (χ1) is 15.4. The molecule has 0 aromatic heterocycles. The van der Waals surface area contributed by atoms with Crippen molar-refractivity contribution in [3.63, 3.8) is 0 Å². The standard InChI is InChI=1S/C24H49N3O4/c1-2-3-4-5-6-7-8-9-10-11-12-13-14-15-17-28-19-21-30-23-24-31-22-20-29-18-16-26-27-25/h2-24H2,1H3. The van der Waals surface area contributed by atoms with Crippen molar-refractivity contribution >= 4 is 0 Å². The van der Waals surface area contributed by atoms with Crippen LogP contribution in [0.25, 0.3) is 10.4 Å². The molecule has 0 amide bonds. The third-order valence-electron chi connectivity index (χ3n) is 5.16. The fourth-order valence-electron chi connectivity index (χ4n) is 3.31. The molecule has 0 aliphatic rings. The lowest BCUT2D eigenvalue weighted by atomic mass is 10.0. The second-order valence-electron chi connectivity index (χ2n) is 8.00. The van der Waals surface area contributed by atoms with E-state index in [-0.39, 0.29) is 0 Å². The zero-order chi connectivity index (χ0) is 22.5. The largest absolute Gasteiger partial charge is 0.379 e. The van der Waals surface area contributed by atoms with Gasteiger partial charge in [0.05, 0.1) is 46.2 Å². The fraction of sp³-hybridized carbons (Fsp3) is 1.00. The minimum absolute atomic E-state index is 0.360. The first-order valence-electron chi connectivity index (χ1n) is 12.7. The molecule has 0 aliphatic carbocycles. The first-order valence-corrected chi connectivity index (χ1v) is 12.7. The van der Waals surface area contributed by atoms with E-state index in [0.717, 1.165) is 13.0 Å². The van der Waals surface area contributed by atoms with Gasteiger partial charge in [-0.15, -0.1) is 0 Å². The molecule has 0 aromatic carbocycles. The summed E-state index contributed by atoms with van der Waals surface area (Å²) >= 11 is 0. The van der Waals surface area contributed by atoms with Crippen LogP contribution in [0.4, 0.5) is 0 Å². The Kier molecular flexibility index (Phi) is 28.4. The molecule has 0 saturated carbocycles. The van der Waals surface area contributed by atoms with Crippen LogP contribution in [-0.4, -0.2) is 59.4 Å². The van der Waals surface area contributed by atoms with Crippen molar-refractivity contribution < 1.29 is 18.9 Å². The van der Waals surface area contributed by atoms with Crippen molar-refractivity contribution in [2.24, 2.45) is 5.11 Å². The maximum Gasteiger partial charge on any atom is 0.0701 e. The SMILES string of the molecule is CCCCCCCCCCCCCCCCOCCOCCOCCOCCN=[N+]=[N-]. The third kappa shape index (κ3) is 29.1. The van der Waals surface area contributed by atoms with Crippen LogP contribution in [0.2, 0.25) is 0 Å². The molecule has 0 rings (SSSR count). The summed E-state index contributed by atoms with van der Waals surface area (Å²) in [4.78, 5) is 2.65. The van der Waals surface area contributed by atoms with Crippen molar-refractivity contribution in [1.82, 2.24) is 0 Å². The van der Waals surface area contributed by atoms with Gasteiger partial charge in [0, 0.05) is 18.1 Å². The van der Waals surface area contributed by atoms with E-state index in [9.17, 15) is 0 Å². The van der Waals surface area contributed by atoms with Crippen molar-refractivity contribution in [2.45, 2.75) is 96.8 Å². The summed E-state index contributed by atoms with van der Waals surface area (Å²) in [5.41, 5.74) is 8.11. The van der Waals surface area contributed by atoms with Gasteiger partial charge in [0.25, 0.3) is 0 Å². The minimum Gasteiger partial charge on any atom is -0.379 e. The number of nitrogens with zero attached hydrogens (tertiary/aromatic N) is 3. The Labute approximate surface area is 191 Å². The van der Waals surface area contributed by atoms with E-state index < -0.39 is 0 Å². The van der Waals surface area contributed by atoms with Gasteiger partial charge < -0.3 is 18.9 Å². The Morgan fingerprint density at radius 3 is 1.26 bits per heavy atom. The number of hydrogen-bond acceptors (Lipinski definition) is 5. The zero-order valence-corrected chi connectivity index (χ0v) is 20.2. The molecule has 0 unspecified atom stereocenters. The van der Waals surface area contributed by atoms with E-state index in [1.165, 1.54) is 83.5 Å². The van der Waals surface area contributed by atoms with Gasteiger partial charge in [0.1, 0.15) is 0 Å². The summed E-state index contributed by atoms with van der Waals surface area (Å²) in [5.74, 6) is 0. The van der Waals surface area contributed by atoms with Gasteiger partial charge in [-0.3, -0.25) is 0 Å². The Morgan fingerprint density at radius 2 is 0.839 bits per heavy atom. The van der Waals surface area contributed by atoms with Crippen LogP contribution in [0, 0.1) is 0 Å². The molecular formula is C24H49N3O4. The fourth-order valence-corrected chi connectivity index (χ4v) is 3.31. The predicted octanol–water partition coefficient (Wildman–Crippen LogP) is 6.84. The van der Waals surface area contributed by atoms with Gasteiger partial charge in [0.15, 0.2) is 0 Å². The Bertz CT molecular complexity index is 380. The van der Waals surface area contributed by atoms with Crippen molar-refractivity contribution in [3.05, 3.63) is 10.4 Å². The number of hydrogen-bond donors (Lipinski definition) is 0. The van der Waals surface area contributed by atoms with Gasteiger partial charge in [-0.05, 0) is 12.0 Å². The highest BCUT2D eigenvalue weighted by atomic mass is 16.6. The van der Waals surface area contributed by atoms with Crippen molar-refractivity contribution in [1.29, 1.82) is 0 Å². The Balaban J connectivity index is 3.00. The molecule has 0 bridgehead atoms. The predicted molar refractivity (Wildman–Crippen MR) is 128 cm³/mol. The smallest absolute Gasteiger partial charge is 0.0701 e. The topological polar surface area (TPSA) is 85.7 Å². The molecular weight excluding hydrogens is 394 g/mol. The van der Waals surface area contributed by atoms with Crippen LogP contribution >= 0.6 is 0 Å². The molecule has 0 saturated heterocycles. The molecule has 0 heterocycles. The highest BCUT2D eigenvalue weighted by Crippen LogP contribution is 2.12. The highest BCUT2D eigenvalue weighted by molar-refractivity contribution is 4.49. The van der Waals surface area contributed by atoms with Crippen LogP contribution in [0.15, 0.2) is 5.11 Å². The summed E-state index contributed by atoms with van der Waals surface area (Å²) < 4.78 is 21.7. The number of rotatable bonds is 27. The van der Waals surface area contributed by atoms with Crippen LogP contribution < -0.4 is 0 Å². The molecule has 0 N–H and O–H groups in total. The number of ether oxygens (including phenoxy) is 4. The molecule has 0 fully saturated rings. The highest BCUT2D eigenvalue weighted by Gasteiger charge is 1.95. The molecule has 7 nitrogen and oxygen atoms in total. The monoisotopic (exact) mass is 443 g/mol. The average Bonchev–Trinajstić information content (AvgIpc) is 2.78. The molecule has 0 aromatic rings. The van der Waals surface area contributed by atoms with Gasteiger partial charge in [-0.25, -0.2) is 0 Å². The molecule has 0 radical (unpaired) electrons. The lowest BCUT2D eigenvalue weighted by molar-refractivity contribution is -0.00134. The molecule has 0 spiro atoms. The van der Waals surface area contributed by atoms with Crippen LogP contribution in [0.5, 0.6) is 0 Å². The van der Waals surface area contributed by atoms with E-state index >= 15 is 0 Å². The lowest BCUT2D eigenvalue weighted by Gasteiger charge is -2.07. The van der Waals surface area contributed by atoms with Crippen LogP contribution in [-0.2, 0) is 18.9 Å². The Hall–Kier alpha value is -0.850. The molecule has 0 aliphatic heterocycles. The molecule has 31 heavy (non-hydrogen) atoms. The normalized spacial score (nSPS) is 11.0. The van der Waals surface area contributed by atoms with Crippen molar-refractivity contribution in [3.8, 4) is 0 Å². The van der Waals surface area contributed by atoms with E-state index in [4.69, 9.17) is 24.5 Å². The maximum atomic E-state index is 8.11. The van der Waals surface area contributed by atoms with Gasteiger partial charge >= 0.3 is 0 Å². The van der Waals surface area contributed by atoms with Crippen molar-refractivity contribution in [2.75, 3.05) is 59.4 Å². The summed E-state index contributed by atoms with van der Waals surface area (Å²) in [6, 6.07) is 0. The Morgan fingerprint density at radius 1 is 0.484 bits per heavy atom. The third-order valence-corrected chi connectivity index (χ3v) is 5.16. The minimum atomic E-state index is 0.360. The van der Waals surface area contributed by atoms with E-state index in [0.29, 0.717) is 52.8 Å². The van der Waals surface area contributed by atoms with Gasteiger partial charge in [-0.1, -0.05) is 95.5 Å². The maximum absolute atomic E-state index is 8.11. The van der Waals surface area contributed by atoms with Gasteiger partial charge in [-0.2, -0.15) is 0 Å². The number of unbranched alkanes of at least 4 members (excludes halogenated alkanes) is 13. The molecule has 7 heteroatoms. The molecule has 184 valence electrons. The summed E-state index contributed by atoms with van der Waals surface area (Å²) in [6.07, 6.45) is 19.3. The summed E-state index contributed by atoms with van der Waals surface area (Å²) in [6.45, 7) is 7.33. The zero-order valence-electron chi connectivity index (χ0n) is 20.2. The molecule has 0 atom stereocenters. The second-order valence-corrected chi connectivity index (χ2v) is 8.00. The lowest BCUT2D eigenvalue weighted by Crippen LogP contribution is -2.12. The summed E-state index contributed by atoms with van der Waals surface area (Å²) in [7, 11) is 0.